The van der Waals surface area contributed by atoms with Gasteiger partial charge < -0.3 is 16.4 Å². The van der Waals surface area contributed by atoms with E-state index in [1.165, 1.54) is 0 Å². The third kappa shape index (κ3) is 2.79. The maximum absolute atomic E-state index is 12.5. The topological polar surface area (TPSA) is 92.9 Å². The summed E-state index contributed by atoms with van der Waals surface area (Å²) in [7, 11) is 0. The van der Waals surface area contributed by atoms with Crippen LogP contribution >= 0.6 is 0 Å². The minimum absolute atomic E-state index is 0.0451. The number of amides is 1. The maximum atomic E-state index is 12.5. The molecule has 1 saturated heterocycles. The predicted octanol–water partition coefficient (Wildman–Crippen LogP) is 0.378. The second kappa shape index (κ2) is 4.31. The van der Waals surface area contributed by atoms with E-state index in [2.05, 4.69) is 20.6 Å². The fourth-order valence-electron chi connectivity index (χ4n) is 1.60. The van der Waals surface area contributed by atoms with Gasteiger partial charge in [-0.25, -0.2) is 4.98 Å². The number of nitrogens with zero attached hydrogens (tertiary/aromatic N) is 2. The number of halogens is 3. The summed E-state index contributed by atoms with van der Waals surface area (Å²) in [5, 5.41) is 5.26. The minimum atomic E-state index is -4.59. The number of aromatic nitrogens is 2. The Bertz CT molecular complexity index is 476. The fourth-order valence-corrected chi connectivity index (χ4v) is 1.60. The van der Waals surface area contributed by atoms with Gasteiger partial charge in [0, 0.05) is 19.0 Å². The lowest BCUT2D eigenvalue weighted by atomic mass is 10.2. The Labute approximate surface area is 99.8 Å². The highest BCUT2D eigenvalue weighted by Crippen LogP contribution is 2.29. The normalized spacial score (nSPS) is 19.7. The second-order valence-electron chi connectivity index (χ2n) is 3.84. The second-order valence-corrected chi connectivity index (χ2v) is 3.84. The number of anilines is 2. The average molecular weight is 261 g/mol. The molecule has 2 heterocycles. The molecule has 18 heavy (non-hydrogen) atoms. The molecular formula is C9H10F3N5O. The van der Waals surface area contributed by atoms with Crippen molar-refractivity contribution in [1.82, 2.24) is 15.3 Å². The SMILES string of the molecule is Nc1nc(NC2CNC(=O)C2)cc(C(F)(F)F)n1. The first kappa shape index (κ1) is 12.4. The highest BCUT2D eigenvalue weighted by atomic mass is 19.4. The zero-order valence-electron chi connectivity index (χ0n) is 9.08. The van der Waals surface area contributed by atoms with E-state index in [9.17, 15) is 18.0 Å². The van der Waals surface area contributed by atoms with Crippen molar-refractivity contribution in [2.45, 2.75) is 18.6 Å². The van der Waals surface area contributed by atoms with Crippen molar-refractivity contribution in [2.75, 3.05) is 17.6 Å². The Morgan fingerprint density at radius 3 is 2.72 bits per heavy atom. The molecule has 6 nitrogen and oxygen atoms in total. The lowest BCUT2D eigenvalue weighted by molar-refractivity contribution is -0.141. The van der Waals surface area contributed by atoms with Crippen LogP contribution < -0.4 is 16.4 Å². The molecule has 1 fully saturated rings. The molecule has 0 aliphatic carbocycles. The molecule has 9 heteroatoms. The van der Waals surface area contributed by atoms with Crippen molar-refractivity contribution in [3.05, 3.63) is 11.8 Å². The molecule has 0 bridgehead atoms. The van der Waals surface area contributed by atoms with E-state index in [0.29, 0.717) is 6.54 Å². The van der Waals surface area contributed by atoms with Crippen LogP contribution in [0.2, 0.25) is 0 Å². The monoisotopic (exact) mass is 261 g/mol. The Morgan fingerprint density at radius 1 is 1.44 bits per heavy atom. The first-order chi connectivity index (χ1) is 8.34. The molecule has 1 aromatic rings. The lowest BCUT2D eigenvalue weighted by Crippen LogP contribution is -2.23. The highest BCUT2D eigenvalue weighted by molar-refractivity contribution is 5.79. The third-order valence-electron chi connectivity index (χ3n) is 2.36. The van der Waals surface area contributed by atoms with Crippen molar-refractivity contribution < 1.29 is 18.0 Å². The van der Waals surface area contributed by atoms with E-state index in [1.807, 2.05) is 0 Å². The first-order valence-electron chi connectivity index (χ1n) is 5.09. The fraction of sp³-hybridized carbons (Fsp3) is 0.444. The Kier molecular flexibility index (Phi) is 2.97. The summed E-state index contributed by atoms with van der Waals surface area (Å²) in [5.74, 6) is -0.675. The van der Waals surface area contributed by atoms with Crippen molar-refractivity contribution in [1.29, 1.82) is 0 Å². The van der Waals surface area contributed by atoms with Crippen LogP contribution in [0.1, 0.15) is 12.1 Å². The molecule has 1 amide bonds. The summed E-state index contributed by atoms with van der Waals surface area (Å²) in [5.41, 5.74) is 4.10. The number of rotatable bonds is 2. The van der Waals surface area contributed by atoms with Crippen molar-refractivity contribution in [3.8, 4) is 0 Å². The number of nitrogen functional groups attached to an aromatic ring is 1. The third-order valence-corrected chi connectivity index (χ3v) is 2.36. The summed E-state index contributed by atoms with van der Waals surface area (Å²) < 4.78 is 37.5. The van der Waals surface area contributed by atoms with Gasteiger partial charge in [0.2, 0.25) is 11.9 Å². The van der Waals surface area contributed by atoms with Crippen molar-refractivity contribution in [2.24, 2.45) is 0 Å². The Balaban J connectivity index is 2.18. The molecule has 1 aliphatic heterocycles. The average Bonchev–Trinajstić information content (AvgIpc) is 2.61. The van der Waals surface area contributed by atoms with E-state index in [4.69, 9.17) is 5.73 Å². The van der Waals surface area contributed by atoms with E-state index in [-0.39, 0.29) is 24.2 Å². The molecule has 0 radical (unpaired) electrons. The van der Waals surface area contributed by atoms with Gasteiger partial charge in [0.25, 0.3) is 0 Å². The van der Waals surface area contributed by atoms with Crippen LogP contribution in [0, 0.1) is 0 Å². The van der Waals surface area contributed by atoms with Gasteiger partial charge >= 0.3 is 6.18 Å². The number of alkyl halides is 3. The van der Waals surface area contributed by atoms with E-state index < -0.39 is 17.8 Å². The Morgan fingerprint density at radius 2 is 2.17 bits per heavy atom. The molecule has 1 atom stereocenters. The summed E-state index contributed by atoms with van der Waals surface area (Å²) in [4.78, 5) is 17.7. The van der Waals surface area contributed by atoms with Crippen LogP contribution in [0.5, 0.6) is 0 Å². The zero-order valence-corrected chi connectivity index (χ0v) is 9.08. The van der Waals surface area contributed by atoms with Crippen LogP contribution in [0.15, 0.2) is 6.07 Å². The summed E-state index contributed by atoms with van der Waals surface area (Å²) in [6.45, 7) is 0.337. The van der Waals surface area contributed by atoms with Crippen LogP contribution in [0.25, 0.3) is 0 Å². The van der Waals surface area contributed by atoms with Crippen LogP contribution in [-0.2, 0) is 11.0 Å². The van der Waals surface area contributed by atoms with Gasteiger partial charge in [-0.1, -0.05) is 0 Å². The number of hydrogen-bond acceptors (Lipinski definition) is 5. The molecule has 0 aromatic carbocycles. The molecule has 0 spiro atoms. The molecule has 98 valence electrons. The van der Waals surface area contributed by atoms with Gasteiger partial charge in [-0.15, -0.1) is 0 Å². The largest absolute Gasteiger partial charge is 0.433 e. The maximum Gasteiger partial charge on any atom is 0.433 e. The molecule has 4 N–H and O–H groups in total. The smallest absolute Gasteiger partial charge is 0.368 e. The number of nitrogens with one attached hydrogen (secondary N) is 2. The van der Waals surface area contributed by atoms with E-state index in [0.717, 1.165) is 6.07 Å². The van der Waals surface area contributed by atoms with E-state index in [1.54, 1.807) is 0 Å². The van der Waals surface area contributed by atoms with Gasteiger partial charge in [-0.2, -0.15) is 18.2 Å². The van der Waals surface area contributed by atoms with Crippen molar-refractivity contribution in [3.63, 3.8) is 0 Å². The zero-order chi connectivity index (χ0) is 13.3. The number of carbonyl (C=O) groups is 1. The molecule has 1 unspecified atom stereocenters. The van der Waals surface area contributed by atoms with Gasteiger partial charge in [-0.05, 0) is 0 Å². The first-order valence-corrected chi connectivity index (χ1v) is 5.09. The van der Waals surface area contributed by atoms with Gasteiger partial charge in [0.05, 0.1) is 6.04 Å². The molecule has 2 rings (SSSR count). The quantitative estimate of drug-likeness (QED) is 0.715. The standard InChI is InChI=1S/C9H10F3N5O/c10-9(11,12)5-2-6(17-8(13)16-5)15-4-1-7(18)14-3-4/h2,4H,1,3H2,(H,14,18)(H3,13,15,16,17). The number of hydrogen-bond donors (Lipinski definition) is 3. The number of nitrogens with two attached hydrogens (primary N) is 1. The van der Waals surface area contributed by atoms with Crippen LogP contribution in [0.4, 0.5) is 24.9 Å². The predicted molar refractivity (Wildman–Crippen MR) is 56.5 cm³/mol. The van der Waals surface area contributed by atoms with Gasteiger partial charge in [-0.3, -0.25) is 4.79 Å². The molecular weight excluding hydrogens is 251 g/mol. The summed E-state index contributed by atoms with van der Waals surface area (Å²) in [6, 6.07) is 0.465. The van der Waals surface area contributed by atoms with Crippen molar-refractivity contribution >= 4 is 17.7 Å². The van der Waals surface area contributed by atoms with Gasteiger partial charge in [0.1, 0.15) is 5.82 Å². The Hall–Kier alpha value is -2.06. The molecule has 1 aromatic heterocycles. The highest BCUT2D eigenvalue weighted by Gasteiger charge is 2.34. The summed E-state index contributed by atoms with van der Waals surface area (Å²) >= 11 is 0. The van der Waals surface area contributed by atoms with Crippen LogP contribution in [0.3, 0.4) is 0 Å². The van der Waals surface area contributed by atoms with E-state index >= 15 is 0 Å². The summed E-state index contributed by atoms with van der Waals surface area (Å²) in [6.07, 6.45) is -4.40. The minimum Gasteiger partial charge on any atom is -0.368 e. The molecule has 0 saturated carbocycles. The van der Waals surface area contributed by atoms with Gasteiger partial charge in [0.15, 0.2) is 5.69 Å². The van der Waals surface area contributed by atoms with Crippen LogP contribution in [-0.4, -0.2) is 28.5 Å². The lowest BCUT2D eigenvalue weighted by Gasteiger charge is -2.13. The molecule has 1 aliphatic rings. The number of carbonyl (C=O) groups excluding carboxylic acids is 1.